The molecule has 0 aromatic carbocycles. The van der Waals surface area contributed by atoms with Gasteiger partial charge in [-0.15, -0.1) is 0 Å². The van der Waals surface area contributed by atoms with Crippen molar-refractivity contribution in [3.8, 4) is 0 Å². The Balaban J connectivity index is 1.28. The zero-order valence-corrected chi connectivity index (χ0v) is 19.2. The molecule has 0 aromatic heterocycles. The second-order valence-corrected chi connectivity index (χ2v) is 11.2. The molecule has 1 amide bonds. The lowest BCUT2D eigenvalue weighted by molar-refractivity contribution is -0.159. The van der Waals surface area contributed by atoms with Gasteiger partial charge in [0.05, 0.1) is 12.2 Å². The molecular formula is C22H39NO3S2. The Kier molecular flexibility index (Phi) is 9.81. The Labute approximate surface area is 179 Å². The number of carbonyl (C=O) groups is 1. The fourth-order valence-electron chi connectivity index (χ4n) is 5.19. The number of rotatable bonds is 12. The van der Waals surface area contributed by atoms with Crippen molar-refractivity contribution in [2.45, 2.75) is 82.8 Å². The molecule has 0 spiro atoms. The Hall–Kier alpha value is 0.0900. The highest BCUT2D eigenvalue weighted by atomic mass is 32.2. The first kappa shape index (κ1) is 22.8. The maximum absolute atomic E-state index is 11.4. The number of unbranched alkanes of at least 4 members (excludes halogenated alkanes) is 1. The molecule has 2 aliphatic heterocycles. The Bertz CT molecular complexity index is 471. The summed E-state index contributed by atoms with van der Waals surface area (Å²) in [6, 6.07) is 0. The molecule has 0 radical (unpaired) electrons. The summed E-state index contributed by atoms with van der Waals surface area (Å²) >= 11 is 4.24. The Morgan fingerprint density at radius 1 is 0.964 bits per heavy atom. The molecule has 3 aliphatic rings. The average Bonchev–Trinajstić information content (AvgIpc) is 3.30. The van der Waals surface area contributed by atoms with Crippen LogP contribution in [0.3, 0.4) is 0 Å². The number of hydrogen-bond donors (Lipinski definition) is 1. The van der Waals surface area contributed by atoms with Crippen LogP contribution in [-0.2, 0) is 9.53 Å². The number of ether oxygens (including phenoxy) is 1. The number of amides is 1. The molecule has 0 aromatic rings. The largest absolute Gasteiger partial charge is 0.374 e. The van der Waals surface area contributed by atoms with Gasteiger partial charge < -0.3 is 4.74 Å². The van der Waals surface area contributed by atoms with Gasteiger partial charge in [0.1, 0.15) is 0 Å². The monoisotopic (exact) mass is 429 g/mol. The summed E-state index contributed by atoms with van der Waals surface area (Å²) in [6.45, 7) is 0. The highest BCUT2D eigenvalue weighted by molar-refractivity contribution is 7.99. The Morgan fingerprint density at radius 2 is 1.71 bits per heavy atom. The first-order chi connectivity index (χ1) is 13.6. The number of hydrogen-bond acceptors (Lipinski definition) is 5. The minimum absolute atomic E-state index is 0.183. The third-order valence-electron chi connectivity index (χ3n) is 6.86. The van der Waals surface area contributed by atoms with E-state index in [2.05, 4.69) is 11.8 Å². The minimum Gasteiger partial charge on any atom is -0.374 e. The van der Waals surface area contributed by atoms with Crippen LogP contribution in [0.15, 0.2) is 0 Å². The number of nitrogens with zero attached hydrogens (tertiary/aromatic N) is 1. The van der Waals surface area contributed by atoms with E-state index in [1.807, 2.05) is 11.8 Å². The van der Waals surface area contributed by atoms with Gasteiger partial charge in [0.2, 0.25) is 5.91 Å². The van der Waals surface area contributed by atoms with Crippen LogP contribution < -0.4 is 0 Å². The Morgan fingerprint density at radius 3 is 2.46 bits per heavy atom. The SMILES string of the molecule is CN(O)C(=O)CCCCSCCC1C2CCC(O2)C1CSCC1CCCCC1. The fraction of sp³-hybridized carbons (Fsp3) is 0.955. The highest BCUT2D eigenvalue weighted by Crippen LogP contribution is 2.46. The van der Waals surface area contributed by atoms with E-state index in [9.17, 15) is 4.79 Å². The second-order valence-electron chi connectivity index (χ2n) is 8.94. The van der Waals surface area contributed by atoms with Crippen LogP contribution in [-0.4, -0.2) is 58.4 Å². The molecular weight excluding hydrogens is 390 g/mol. The van der Waals surface area contributed by atoms with Crippen LogP contribution >= 0.6 is 23.5 Å². The highest BCUT2D eigenvalue weighted by Gasteiger charge is 2.47. The lowest BCUT2D eigenvalue weighted by Gasteiger charge is -2.28. The van der Waals surface area contributed by atoms with E-state index in [1.165, 1.54) is 75.7 Å². The van der Waals surface area contributed by atoms with Crippen LogP contribution in [0.1, 0.15) is 70.6 Å². The molecule has 4 nitrogen and oxygen atoms in total. The lowest BCUT2D eigenvalue weighted by Crippen LogP contribution is -2.29. The molecule has 3 fully saturated rings. The molecule has 1 saturated carbocycles. The normalized spacial score (nSPS) is 30.1. The first-order valence-corrected chi connectivity index (χ1v) is 13.7. The van der Waals surface area contributed by atoms with Crippen molar-refractivity contribution in [2.24, 2.45) is 17.8 Å². The van der Waals surface area contributed by atoms with E-state index in [4.69, 9.17) is 9.94 Å². The van der Waals surface area contributed by atoms with Gasteiger partial charge >= 0.3 is 0 Å². The smallest absolute Gasteiger partial charge is 0.245 e. The molecule has 162 valence electrons. The first-order valence-electron chi connectivity index (χ1n) is 11.4. The molecule has 4 unspecified atom stereocenters. The van der Waals surface area contributed by atoms with Crippen LogP contribution in [0.25, 0.3) is 0 Å². The zero-order valence-electron chi connectivity index (χ0n) is 17.5. The fourth-order valence-corrected chi connectivity index (χ4v) is 7.78. The predicted molar refractivity (Wildman–Crippen MR) is 119 cm³/mol. The van der Waals surface area contributed by atoms with Crippen LogP contribution in [0.5, 0.6) is 0 Å². The van der Waals surface area contributed by atoms with Gasteiger partial charge in [-0.25, -0.2) is 5.06 Å². The van der Waals surface area contributed by atoms with Crippen LogP contribution in [0.2, 0.25) is 0 Å². The van der Waals surface area contributed by atoms with Crippen molar-refractivity contribution >= 4 is 29.4 Å². The number of hydroxylamine groups is 2. The van der Waals surface area contributed by atoms with Gasteiger partial charge in [0.25, 0.3) is 0 Å². The molecule has 1 aliphatic carbocycles. The summed E-state index contributed by atoms with van der Waals surface area (Å²) in [5.74, 6) is 7.36. The topological polar surface area (TPSA) is 49.8 Å². The third kappa shape index (κ3) is 6.82. The zero-order chi connectivity index (χ0) is 19.8. The molecule has 1 N–H and O–H groups in total. The van der Waals surface area contributed by atoms with Crippen LogP contribution in [0.4, 0.5) is 0 Å². The van der Waals surface area contributed by atoms with E-state index >= 15 is 0 Å². The number of thioether (sulfide) groups is 2. The van der Waals surface area contributed by atoms with Gasteiger partial charge in [-0.05, 0) is 85.7 Å². The van der Waals surface area contributed by atoms with Gasteiger partial charge in [-0.2, -0.15) is 23.5 Å². The average molecular weight is 430 g/mol. The lowest BCUT2D eigenvalue weighted by atomic mass is 9.79. The van der Waals surface area contributed by atoms with Crippen LogP contribution in [0, 0.1) is 17.8 Å². The summed E-state index contributed by atoms with van der Waals surface area (Å²) in [5.41, 5.74) is 0. The molecule has 2 bridgehead atoms. The van der Waals surface area contributed by atoms with Crippen molar-refractivity contribution in [1.29, 1.82) is 0 Å². The molecule has 2 saturated heterocycles. The van der Waals surface area contributed by atoms with E-state index in [0.29, 0.717) is 23.7 Å². The standard InChI is InChI=1S/C22H39NO3S2/c1-23(25)22(24)9-5-6-13-27-14-12-18-19(21-11-10-20(18)26-21)16-28-15-17-7-3-2-4-8-17/h17-21,25H,2-16H2,1H3. The summed E-state index contributed by atoms with van der Waals surface area (Å²) in [4.78, 5) is 11.4. The summed E-state index contributed by atoms with van der Waals surface area (Å²) in [6.07, 6.45) is 14.6. The minimum atomic E-state index is -0.183. The molecule has 6 heteroatoms. The maximum Gasteiger partial charge on any atom is 0.245 e. The quantitative estimate of drug-likeness (QED) is 0.261. The molecule has 2 heterocycles. The van der Waals surface area contributed by atoms with Gasteiger partial charge in [-0.1, -0.05) is 19.3 Å². The maximum atomic E-state index is 11.4. The van der Waals surface area contributed by atoms with Crippen molar-refractivity contribution in [2.75, 3.05) is 30.1 Å². The summed E-state index contributed by atoms with van der Waals surface area (Å²) < 4.78 is 6.30. The van der Waals surface area contributed by atoms with Gasteiger partial charge in [-0.3, -0.25) is 10.0 Å². The van der Waals surface area contributed by atoms with E-state index < -0.39 is 0 Å². The molecule has 28 heavy (non-hydrogen) atoms. The third-order valence-corrected chi connectivity index (χ3v) is 9.29. The van der Waals surface area contributed by atoms with Crippen molar-refractivity contribution < 1.29 is 14.7 Å². The second kappa shape index (κ2) is 12.1. The van der Waals surface area contributed by atoms with Crippen molar-refractivity contribution in [3.05, 3.63) is 0 Å². The molecule has 4 atom stereocenters. The summed E-state index contributed by atoms with van der Waals surface area (Å²) in [7, 11) is 1.40. The number of carbonyl (C=O) groups excluding carboxylic acids is 1. The van der Waals surface area contributed by atoms with E-state index in [-0.39, 0.29) is 5.91 Å². The molecule has 3 rings (SSSR count). The number of fused-ring (bicyclic) bond motifs is 2. The van der Waals surface area contributed by atoms with E-state index in [1.54, 1.807) is 0 Å². The summed E-state index contributed by atoms with van der Waals surface area (Å²) in [5, 5.41) is 9.76. The van der Waals surface area contributed by atoms with Crippen molar-refractivity contribution in [1.82, 2.24) is 5.06 Å². The van der Waals surface area contributed by atoms with Gasteiger partial charge in [0, 0.05) is 13.5 Å². The van der Waals surface area contributed by atoms with E-state index in [0.717, 1.165) is 36.3 Å². The predicted octanol–water partition coefficient (Wildman–Crippen LogP) is 5.23. The van der Waals surface area contributed by atoms with Gasteiger partial charge in [0.15, 0.2) is 0 Å². The van der Waals surface area contributed by atoms with Crippen molar-refractivity contribution in [3.63, 3.8) is 0 Å².